The number of allylic oxidation sites excluding steroid dienone is 1. The van der Waals surface area contributed by atoms with Crippen LogP contribution in [0.4, 0.5) is 0 Å². The number of halogens is 2. The van der Waals surface area contributed by atoms with Gasteiger partial charge in [0.2, 0.25) is 5.91 Å². The Morgan fingerprint density at radius 1 is 1.40 bits per heavy atom. The Kier molecular flexibility index (Phi) is 7.35. The molecule has 0 saturated carbocycles. The number of hydrogen-bond donors (Lipinski definition) is 1. The summed E-state index contributed by atoms with van der Waals surface area (Å²) in [5.74, 6) is 1.28. The first-order valence-electron chi connectivity index (χ1n) is 7.81. The average Bonchev–Trinajstić information content (AvgIpc) is 2.94. The Morgan fingerprint density at radius 3 is 2.80 bits per heavy atom. The summed E-state index contributed by atoms with van der Waals surface area (Å²) in [6, 6.07) is 5.22. The van der Waals surface area contributed by atoms with Crippen LogP contribution in [-0.4, -0.2) is 33.0 Å². The number of nitrogens with zero attached hydrogens (tertiary/aromatic N) is 3. The molecule has 2 aromatic rings. The van der Waals surface area contributed by atoms with Crippen LogP contribution < -0.4 is 5.32 Å². The van der Waals surface area contributed by atoms with Gasteiger partial charge in [-0.2, -0.15) is 0 Å². The highest BCUT2D eigenvalue weighted by Crippen LogP contribution is 2.31. The maximum atomic E-state index is 11.9. The summed E-state index contributed by atoms with van der Waals surface area (Å²) in [7, 11) is 0. The second-order valence-electron chi connectivity index (χ2n) is 5.82. The highest BCUT2D eigenvalue weighted by Gasteiger charge is 2.17. The lowest BCUT2D eigenvalue weighted by atomic mass is 10.2. The van der Waals surface area contributed by atoms with Gasteiger partial charge in [0.05, 0.1) is 10.8 Å². The van der Waals surface area contributed by atoms with Crippen LogP contribution in [0.1, 0.15) is 13.8 Å². The minimum atomic E-state index is -0.0297. The molecule has 1 aromatic heterocycles. The van der Waals surface area contributed by atoms with Gasteiger partial charge in [-0.1, -0.05) is 54.9 Å². The fourth-order valence-electron chi connectivity index (χ4n) is 2.06. The lowest BCUT2D eigenvalue weighted by Crippen LogP contribution is -2.28. The van der Waals surface area contributed by atoms with E-state index in [0.29, 0.717) is 40.0 Å². The first-order valence-corrected chi connectivity index (χ1v) is 9.55. The van der Waals surface area contributed by atoms with Gasteiger partial charge in [-0.25, -0.2) is 0 Å². The number of aromatic nitrogens is 3. The van der Waals surface area contributed by atoms with E-state index in [2.05, 4.69) is 35.9 Å². The third-order valence-electron chi connectivity index (χ3n) is 3.24. The highest BCUT2D eigenvalue weighted by atomic mass is 35.5. The average molecular weight is 399 g/mol. The number of amides is 1. The molecule has 1 heterocycles. The molecule has 0 aliphatic carbocycles. The quantitative estimate of drug-likeness (QED) is 0.531. The summed E-state index contributed by atoms with van der Waals surface area (Å²) in [6.07, 6.45) is 1.75. The zero-order valence-electron chi connectivity index (χ0n) is 14.1. The zero-order valence-corrected chi connectivity index (χ0v) is 16.5. The molecule has 1 amide bonds. The van der Waals surface area contributed by atoms with Crippen LogP contribution in [0.2, 0.25) is 10.0 Å². The van der Waals surface area contributed by atoms with Crippen molar-refractivity contribution in [1.82, 2.24) is 20.1 Å². The largest absolute Gasteiger partial charge is 0.355 e. The highest BCUT2D eigenvalue weighted by molar-refractivity contribution is 7.99. The lowest BCUT2D eigenvalue weighted by Gasteiger charge is -2.10. The van der Waals surface area contributed by atoms with Crippen LogP contribution in [0.5, 0.6) is 0 Å². The van der Waals surface area contributed by atoms with Crippen molar-refractivity contribution >= 4 is 40.9 Å². The van der Waals surface area contributed by atoms with Crippen molar-refractivity contribution in [3.8, 4) is 11.4 Å². The third-order valence-corrected chi connectivity index (χ3v) is 4.75. The molecule has 0 saturated heterocycles. The van der Waals surface area contributed by atoms with Gasteiger partial charge in [0.1, 0.15) is 0 Å². The van der Waals surface area contributed by atoms with Gasteiger partial charge >= 0.3 is 0 Å². The molecule has 134 valence electrons. The number of hydrogen-bond acceptors (Lipinski definition) is 4. The normalized spacial score (nSPS) is 10.9. The zero-order chi connectivity index (χ0) is 18.4. The van der Waals surface area contributed by atoms with Gasteiger partial charge in [-0.3, -0.25) is 9.36 Å². The molecule has 0 radical (unpaired) electrons. The van der Waals surface area contributed by atoms with E-state index in [4.69, 9.17) is 23.2 Å². The Balaban J connectivity index is 2.18. The molecule has 1 N–H and O–H groups in total. The molecule has 0 spiro atoms. The summed E-state index contributed by atoms with van der Waals surface area (Å²) in [6.45, 7) is 9.05. The summed E-state index contributed by atoms with van der Waals surface area (Å²) in [4.78, 5) is 11.9. The van der Waals surface area contributed by atoms with Gasteiger partial charge in [-0.15, -0.1) is 16.8 Å². The van der Waals surface area contributed by atoms with Gasteiger partial charge in [0.15, 0.2) is 11.0 Å². The number of carbonyl (C=O) groups excluding carboxylic acids is 1. The third kappa shape index (κ3) is 5.49. The molecule has 0 unspecified atom stereocenters. The molecule has 8 heteroatoms. The van der Waals surface area contributed by atoms with Crippen molar-refractivity contribution in [1.29, 1.82) is 0 Å². The van der Waals surface area contributed by atoms with Gasteiger partial charge in [0.25, 0.3) is 0 Å². The van der Waals surface area contributed by atoms with Gasteiger partial charge in [0, 0.05) is 23.7 Å². The van der Waals surface area contributed by atoms with Crippen molar-refractivity contribution in [2.45, 2.75) is 25.5 Å². The Labute approximate surface area is 161 Å². The van der Waals surface area contributed by atoms with E-state index in [1.807, 2.05) is 4.57 Å². The smallest absolute Gasteiger partial charge is 0.230 e. The fourth-order valence-corrected chi connectivity index (χ4v) is 3.33. The molecule has 1 aromatic carbocycles. The second-order valence-corrected chi connectivity index (χ2v) is 7.60. The van der Waals surface area contributed by atoms with E-state index >= 15 is 0 Å². The van der Waals surface area contributed by atoms with Crippen LogP contribution in [0, 0.1) is 5.92 Å². The minimum Gasteiger partial charge on any atom is -0.355 e. The number of carbonyl (C=O) groups is 1. The van der Waals surface area contributed by atoms with E-state index in [1.54, 1.807) is 24.3 Å². The van der Waals surface area contributed by atoms with Crippen molar-refractivity contribution < 1.29 is 4.79 Å². The van der Waals surface area contributed by atoms with E-state index in [-0.39, 0.29) is 11.7 Å². The predicted octanol–water partition coefficient (Wildman–Crippen LogP) is 4.30. The molecule has 5 nitrogen and oxygen atoms in total. The summed E-state index contributed by atoms with van der Waals surface area (Å²) in [5.41, 5.74) is 0.733. The van der Waals surface area contributed by atoms with Gasteiger partial charge < -0.3 is 5.32 Å². The van der Waals surface area contributed by atoms with Crippen LogP contribution in [0.25, 0.3) is 11.4 Å². The Morgan fingerprint density at radius 2 is 2.16 bits per heavy atom. The molecular formula is C17H20Cl2N4OS. The number of thioether (sulfide) groups is 1. The van der Waals surface area contributed by atoms with E-state index < -0.39 is 0 Å². The van der Waals surface area contributed by atoms with Crippen LogP contribution in [0.15, 0.2) is 36.0 Å². The summed E-state index contributed by atoms with van der Waals surface area (Å²) >= 11 is 13.6. The van der Waals surface area contributed by atoms with Crippen LogP contribution in [0.3, 0.4) is 0 Å². The van der Waals surface area contributed by atoms with Crippen molar-refractivity contribution in [3.05, 3.63) is 40.9 Å². The number of benzene rings is 1. The standard InChI is InChI=1S/C17H20Cl2N4OS/c1-4-7-23-16(13-6-5-12(18)8-14(13)19)21-22-17(23)25-10-15(24)20-9-11(2)3/h4-6,8,11H,1,7,9-10H2,2-3H3,(H,20,24). The predicted molar refractivity (Wildman–Crippen MR) is 104 cm³/mol. The number of rotatable bonds is 8. The molecule has 2 rings (SSSR count). The SMILES string of the molecule is C=CCn1c(SCC(=O)NCC(C)C)nnc1-c1ccc(Cl)cc1Cl. The molecule has 0 aliphatic heterocycles. The maximum Gasteiger partial charge on any atom is 0.230 e. The lowest BCUT2D eigenvalue weighted by molar-refractivity contribution is -0.118. The fraction of sp³-hybridized carbons (Fsp3) is 0.353. The first-order chi connectivity index (χ1) is 11.9. The first kappa shape index (κ1) is 19.8. The summed E-state index contributed by atoms with van der Waals surface area (Å²) < 4.78 is 1.88. The minimum absolute atomic E-state index is 0.0297. The van der Waals surface area contributed by atoms with Crippen molar-refractivity contribution in [2.75, 3.05) is 12.3 Å². The summed E-state index contributed by atoms with van der Waals surface area (Å²) in [5, 5.41) is 13.0. The van der Waals surface area contributed by atoms with Crippen LogP contribution >= 0.6 is 35.0 Å². The molecule has 25 heavy (non-hydrogen) atoms. The topological polar surface area (TPSA) is 59.8 Å². The number of nitrogens with one attached hydrogen (secondary N) is 1. The molecule has 0 fully saturated rings. The van der Waals surface area contributed by atoms with E-state index in [9.17, 15) is 4.79 Å². The Bertz CT molecular complexity index is 761. The van der Waals surface area contributed by atoms with Crippen LogP contribution in [-0.2, 0) is 11.3 Å². The van der Waals surface area contributed by atoms with E-state index in [0.717, 1.165) is 5.56 Å². The van der Waals surface area contributed by atoms with Crippen molar-refractivity contribution in [3.63, 3.8) is 0 Å². The van der Waals surface area contributed by atoms with Gasteiger partial charge in [-0.05, 0) is 24.1 Å². The molecule has 0 bridgehead atoms. The molecule has 0 atom stereocenters. The molecule has 0 aliphatic rings. The molecular weight excluding hydrogens is 379 g/mol. The van der Waals surface area contributed by atoms with Crippen molar-refractivity contribution in [2.24, 2.45) is 5.92 Å². The maximum absolute atomic E-state index is 11.9. The van der Waals surface area contributed by atoms with E-state index in [1.165, 1.54) is 11.8 Å². The second kappa shape index (κ2) is 9.27. The monoisotopic (exact) mass is 398 g/mol. The Hall–Kier alpha value is -1.50.